The molecule has 174 valence electrons. The number of imidazole rings is 1. The fraction of sp³-hybridized carbons (Fsp3) is 0.148. The van der Waals surface area contributed by atoms with Crippen LogP contribution in [-0.4, -0.2) is 20.3 Å². The van der Waals surface area contributed by atoms with E-state index in [9.17, 15) is 4.79 Å². The molecule has 0 saturated heterocycles. The van der Waals surface area contributed by atoms with Crippen molar-refractivity contribution in [2.75, 3.05) is 16.4 Å². The number of pyridine rings is 1. The van der Waals surface area contributed by atoms with Crippen LogP contribution in [0.5, 0.6) is 0 Å². The van der Waals surface area contributed by atoms with E-state index in [1.54, 1.807) is 35.6 Å². The van der Waals surface area contributed by atoms with Crippen LogP contribution in [-0.2, 0) is 6.42 Å². The van der Waals surface area contributed by atoms with Gasteiger partial charge in [0.25, 0.3) is 5.91 Å². The lowest BCUT2D eigenvalue weighted by molar-refractivity contribution is 0.102. The Kier molecular flexibility index (Phi) is 5.42. The summed E-state index contributed by atoms with van der Waals surface area (Å²) < 4.78 is 2.23. The molecule has 0 spiro atoms. The second kappa shape index (κ2) is 8.88. The van der Waals surface area contributed by atoms with Crippen molar-refractivity contribution < 1.29 is 4.79 Å². The number of nitrogens with one attached hydrogen (secondary N) is 2. The number of anilines is 4. The number of hydrogen-bond acceptors (Lipinski definition) is 6. The van der Waals surface area contributed by atoms with Crippen molar-refractivity contribution in [3.05, 3.63) is 89.6 Å². The molecule has 0 bridgehead atoms. The summed E-state index contributed by atoms with van der Waals surface area (Å²) >= 11 is 1.54. The summed E-state index contributed by atoms with van der Waals surface area (Å²) in [6.45, 7) is 0. The summed E-state index contributed by atoms with van der Waals surface area (Å²) in [5.41, 5.74) is 12.6. The number of aromatic nitrogens is 3. The standard InChI is InChI=1S/C27H24N6OS/c28-21-5-1-2-6-22(21)31-26(34)18-10-12-19(13-11-18)30-27-32-23(16-35-27)24-15-29-25-7-3-4-20(33(24)25)14-17-8-9-17/h1-7,10-13,15-17H,8-9,14,28H2,(H,30,32)(H,31,34). The van der Waals surface area contributed by atoms with E-state index in [1.807, 2.05) is 41.9 Å². The zero-order valence-corrected chi connectivity index (χ0v) is 19.8. The number of amides is 1. The predicted octanol–water partition coefficient (Wildman–Crippen LogP) is 5.99. The first kappa shape index (κ1) is 21.4. The van der Waals surface area contributed by atoms with Gasteiger partial charge in [0.05, 0.1) is 23.3 Å². The van der Waals surface area contributed by atoms with Gasteiger partial charge in [0.2, 0.25) is 0 Å². The van der Waals surface area contributed by atoms with Gasteiger partial charge in [-0.2, -0.15) is 0 Å². The van der Waals surface area contributed by atoms with E-state index in [2.05, 4.69) is 32.2 Å². The molecule has 0 atom stereocenters. The molecule has 4 N–H and O–H groups in total. The number of nitrogens with two attached hydrogens (primary N) is 1. The molecule has 1 saturated carbocycles. The summed E-state index contributed by atoms with van der Waals surface area (Å²) in [5.74, 6) is 0.583. The SMILES string of the molecule is Nc1ccccc1NC(=O)c1ccc(Nc2nc(-c3cnc4cccc(CC5CC5)n34)cs2)cc1. The highest BCUT2D eigenvalue weighted by molar-refractivity contribution is 7.14. The van der Waals surface area contributed by atoms with Gasteiger partial charge in [0, 0.05) is 22.3 Å². The molecule has 3 aromatic heterocycles. The molecule has 1 fully saturated rings. The number of carbonyl (C=O) groups is 1. The van der Waals surface area contributed by atoms with E-state index in [0.717, 1.165) is 40.2 Å². The number of benzene rings is 2. The van der Waals surface area contributed by atoms with E-state index >= 15 is 0 Å². The average molecular weight is 481 g/mol. The van der Waals surface area contributed by atoms with Crippen LogP contribution in [0.2, 0.25) is 0 Å². The molecule has 0 aliphatic heterocycles. The van der Waals surface area contributed by atoms with E-state index in [0.29, 0.717) is 16.9 Å². The maximum absolute atomic E-state index is 12.6. The van der Waals surface area contributed by atoms with Crippen molar-refractivity contribution in [3.8, 4) is 11.4 Å². The van der Waals surface area contributed by atoms with Gasteiger partial charge in [-0.15, -0.1) is 11.3 Å². The first-order valence-corrected chi connectivity index (χ1v) is 12.5. The smallest absolute Gasteiger partial charge is 0.255 e. The van der Waals surface area contributed by atoms with Crippen molar-refractivity contribution in [1.82, 2.24) is 14.4 Å². The second-order valence-corrected chi connectivity index (χ2v) is 9.64. The molecule has 2 aromatic carbocycles. The quantitative estimate of drug-likeness (QED) is 0.249. The van der Waals surface area contributed by atoms with Crippen LogP contribution < -0.4 is 16.4 Å². The van der Waals surface area contributed by atoms with Crippen molar-refractivity contribution in [2.24, 2.45) is 5.92 Å². The van der Waals surface area contributed by atoms with Crippen LogP contribution in [0.25, 0.3) is 17.0 Å². The summed E-state index contributed by atoms with van der Waals surface area (Å²) in [7, 11) is 0. The van der Waals surface area contributed by atoms with Gasteiger partial charge in [-0.25, -0.2) is 9.97 Å². The Balaban J connectivity index is 1.18. The minimum absolute atomic E-state index is 0.208. The highest BCUT2D eigenvalue weighted by atomic mass is 32.1. The largest absolute Gasteiger partial charge is 0.397 e. The van der Waals surface area contributed by atoms with E-state index in [1.165, 1.54) is 18.5 Å². The number of nitrogen functional groups attached to an aromatic ring is 1. The zero-order chi connectivity index (χ0) is 23.8. The third-order valence-corrected chi connectivity index (χ3v) is 6.94. The second-order valence-electron chi connectivity index (χ2n) is 8.78. The molecular formula is C27H24N6OS. The Bertz CT molecular complexity index is 1520. The maximum Gasteiger partial charge on any atom is 0.255 e. The lowest BCUT2D eigenvalue weighted by Gasteiger charge is -2.09. The summed E-state index contributed by atoms with van der Waals surface area (Å²) in [6.07, 6.45) is 5.60. The monoisotopic (exact) mass is 480 g/mol. The highest BCUT2D eigenvalue weighted by Crippen LogP contribution is 2.34. The van der Waals surface area contributed by atoms with Crippen LogP contribution in [0.15, 0.2) is 78.3 Å². The first-order chi connectivity index (χ1) is 17.1. The minimum Gasteiger partial charge on any atom is -0.397 e. The number of hydrogen-bond donors (Lipinski definition) is 3. The maximum atomic E-state index is 12.6. The van der Waals surface area contributed by atoms with Gasteiger partial charge in [-0.05, 0) is 73.7 Å². The van der Waals surface area contributed by atoms with Crippen molar-refractivity contribution in [3.63, 3.8) is 0 Å². The third-order valence-electron chi connectivity index (χ3n) is 6.18. The molecule has 1 aliphatic carbocycles. The van der Waals surface area contributed by atoms with Gasteiger partial charge in [-0.1, -0.05) is 18.2 Å². The van der Waals surface area contributed by atoms with E-state index < -0.39 is 0 Å². The van der Waals surface area contributed by atoms with Gasteiger partial charge in [0.15, 0.2) is 5.13 Å². The van der Waals surface area contributed by atoms with E-state index in [4.69, 9.17) is 10.7 Å². The molecule has 1 amide bonds. The lowest BCUT2D eigenvalue weighted by Crippen LogP contribution is -2.13. The Morgan fingerprint density at radius 3 is 2.69 bits per heavy atom. The highest BCUT2D eigenvalue weighted by Gasteiger charge is 2.23. The number of rotatable bonds is 7. The summed E-state index contributed by atoms with van der Waals surface area (Å²) in [4.78, 5) is 22.0. The number of fused-ring (bicyclic) bond motifs is 1. The normalized spacial score (nSPS) is 13.1. The van der Waals surface area contributed by atoms with Crippen LogP contribution in [0, 0.1) is 5.92 Å². The lowest BCUT2D eigenvalue weighted by atomic mass is 10.2. The average Bonchev–Trinajstić information content (AvgIpc) is 3.38. The fourth-order valence-corrected chi connectivity index (χ4v) is 4.87. The molecule has 35 heavy (non-hydrogen) atoms. The van der Waals surface area contributed by atoms with Crippen molar-refractivity contribution >= 4 is 45.1 Å². The number of nitrogens with zero attached hydrogens (tertiary/aromatic N) is 3. The topological polar surface area (TPSA) is 97.3 Å². The Labute approximate surface area is 206 Å². The molecule has 8 heteroatoms. The molecule has 5 aromatic rings. The van der Waals surface area contributed by atoms with Crippen molar-refractivity contribution in [2.45, 2.75) is 19.3 Å². The Morgan fingerprint density at radius 2 is 1.89 bits per heavy atom. The van der Waals surface area contributed by atoms with E-state index in [-0.39, 0.29) is 5.91 Å². The van der Waals surface area contributed by atoms with Crippen LogP contribution in [0.4, 0.5) is 22.2 Å². The summed E-state index contributed by atoms with van der Waals surface area (Å²) in [5, 5.41) is 9.02. The number of carbonyl (C=O) groups excluding carboxylic acids is 1. The molecule has 6 rings (SSSR count). The zero-order valence-electron chi connectivity index (χ0n) is 18.9. The van der Waals surface area contributed by atoms with Gasteiger partial charge in [0.1, 0.15) is 11.3 Å². The molecule has 3 heterocycles. The van der Waals surface area contributed by atoms with Gasteiger partial charge >= 0.3 is 0 Å². The van der Waals surface area contributed by atoms with Crippen LogP contribution in [0.3, 0.4) is 0 Å². The molecule has 0 unspecified atom stereocenters. The number of para-hydroxylation sites is 2. The van der Waals surface area contributed by atoms with Gasteiger partial charge < -0.3 is 16.4 Å². The Morgan fingerprint density at radius 1 is 1.06 bits per heavy atom. The molecule has 0 radical (unpaired) electrons. The molecule has 1 aliphatic rings. The van der Waals surface area contributed by atoms with Gasteiger partial charge in [-0.3, -0.25) is 9.20 Å². The Hall–Kier alpha value is -4.17. The summed E-state index contributed by atoms with van der Waals surface area (Å²) in [6, 6.07) is 20.8. The first-order valence-electron chi connectivity index (χ1n) is 11.6. The van der Waals surface area contributed by atoms with Crippen LogP contribution >= 0.6 is 11.3 Å². The third kappa shape index (κ3) is 4.48. The molecule has 7 nitrogen and oxygen atoms in total. The fourth-order valence-electron chi connectivity index (χ4n) is 4.15. The van der Waals surface area contributed by atoms with Crippen molar-refractivity contribution in [1.29, 1.82) is 0 Å². The van der Waals surface area contributed by atoms with Crippen LogP contribution in [0.1, 0.15) is 28.9 Å². The molecular weight excluding hydrogens is 456 g/mol. The minimum atomic E-state index is -0.208. The predicted molar refractivity (Wildman–Crippen MR) is 141 cm³/mol. The number of thiazole rings is 1.